The molecule has 2 aliphatic heterocycles. The molecule has 2 aliphatic carbocycles. The van der Waals surface area contributed by atoms with E-state index in [1.165, 1.54) is 4.90 Å². The number of Topliss-reactive ketones (excluding diaryl/α,β-unsaturated/α-hetero) is 1. The maximum Gasteiger partial charge on any atom is 0.411 e. The van der Waals surface area contributed by atoms with Crippen LogP contribution < -0.4 is 4.74 Å². The molecule has 1 aromatic carbocycles. The van der Waals surface area contributed by atoms with Crippen molar-refractivity contribution >= 4 is 35.0 Å². The molecule has 3 atom stereocenters. The molecule has 8 heteroatoms. The van der Waals surface area contributed by atoms with E-state index in [-0.39, 0.29) is 24.7 Å². The molecule has 5 rings (SSSR count). The van der Waals surface area contributed by atoms with Gasteiger partial charge in [0.25, 0.3) is 0 Å². The Morgan fingerprint density at radius 3 is 2.67 bits per heavy atom. The Kier molecular flexibility index (Phi) is 5.82. The molecule has 0 spiro atoms. The molecule has 2 heterocycles. The number of nitrogens with zero attached hydrogens (tertiary/aromatic N) is 1. The number of rotatable bonds is 2. The second kappa shape index (κ2) is 8.51. The maximum atomic E-state index is 13.9. The number of carboxylic acid groups (broad SMARTS) is 1. The van der Waals surface area contributed by atoms with Crippen LogP contribution in [0.2, 0.25) is 0 Å². The molecule has 4 aliphatic rings. The van der Waals surface area contributed by atoms with Crippen molar-refractivity contribution in [3.8, 4) is 5.75 Å². The summed E-state index contributed by atoms with van der Waals surface area (Å²) >= 11 is 6.19. The Morgan fingerprint density at radius 2 is 1.97 bits per heavy atom. The van der Waals surface area contributed by atoms with E-state index in [1.54, 1.807) is 33.1 Å². The molecule has 1 amide bonds. The summed E-state index contributed by atoms with van der Waals surface area (Å²) in [6.07, 6.45) is 6.41. The van der Waals surface area contributed by atoms with Gasteiger partial charge in [0, 0.05) is 34.7 Å². The zero-order chi connectivity index (χ0) is 26.0. The van der Waals surface area contributed by atoms with E-state index in [9.17, 15) is 19.5 Å². The number of ketones is 1. The van der Waals surface area contributed by atoms with Gasteiger partial charge in [0.05, 0.1) is 12.2 Å². The number of allylic oxidation sites excluding steroid dienone is 5. The van der Waals surface area contributed by atoms with Crippen LogP contribution in [0.4, 0.5) is 4.79 Å². The Balaban J connectivity index is 1.53. The Morgan fingerprint density at radius 1 is 1.22 bits per heavy atom. The van der Waals surface area contributed by atoms with Crippen molar-refractivity contribution < 1.29 is 29.0 Å². The highest BCUT2D eigenvalue weighted by atomic mass is 35.5. The highest BCUT2D eigenvalue weighted by Gasteiger charge is 2.61. The maximum absolute atomic E-state index is 13.9. The van der Waals surface area contributed by atoms with Crippen LogP contribution in [0.5, 0.6) is 5.75 Å². The lowest BCUT2D eigenvalue weighted by molar-refractivity contribution is -0.152. The van der Waals surface area contributed by atoms with Gasteiger partial charge in [-0.25, -0.2) is 9.59 Å². The summed E-state index contributed by atoms with van der Waals surface area (Å²) in [7, 11) is 0. The number of amides is 1. The van der Waals surface area contributed by atoms with Gasteiger partial charge in [-0.3, -0.25) is 9.69 Å². The first-order chi connectivity index (χ1) is 16.9. The minimum Gasteiger partial charge on any atom is -0.479 e. The Labute approximate surface area is 215 Å². The normalized spacial score (nSPS) is 27.1. The van der Waals surface area contributed by atoms with Crippen molar-refractivity contribution in [2.75, 3.05) is 6.54 Å². The summed E-state index contributed by atoms with van der Waals surface area (Å²) in [5, 5.41) is 11.2. The number of aliphatic carboxylic acids is 1. The van der Waals surface area contributed by atoms with E-state index in [0.717, 1.165) is 27.3 Å². The van der Waals surface area contributed by atoms with E-state index in [1.807, 2.05) is 25.1 Å². The van der Waals surface area contributed by atoms with Crippen LogP contribution in [-0.4, -0.2) is 45.5 Å². The van der Waals surface area contributed by atoms with Gasteiger partial charge in [-0.1, -0.05) is 24.6 Å². The number of carbonyl (C=O) groups is 3. The molecule has 7 nitrogen and oxygen atoms in total. The lowest BCUT2D eigenvalue weighted by Gasteiger charge is -2.42. The van der Waals surface area contributed by atoms with Gasteiger partial charge in [-0.2, -0.15) is 0 Å². The smallest absolute Gasteiger partial charge is 0.411 e. The number of carbonyl (C=O) groups excluding carboxylic acids is 2. The minimum absolute atomic E-state index is 0.0867. The monoisotopic (exact) mass is 511 g/mol. The molecular weight excluding hydrogens is 482 g/mol. The van der Waals surface area contributed by atoms with E-state index < -0.39 is 29.1 Å². The molecule has 1 saturated heterocycles. The topological polar surface area (TPSA) is 93.1 Å². The first kappa shape index (κ1) is 24.6. The number of carboxylic acids is 1. The number of hydrogen-bond acceptors (Lipinski definition) is 5. The van der Waals surface area contributed by atoms with Crippen LogP contribution in [-0.2, 0) is 16.0 Å². The predicted octanol–water partition coefficient (Wildman–Crippen LogP) is 5.72. The van der Waals surface area contributed by atoms with Gasteiger partial charge in [-0.15, -0.1) is 0 Å². The molecule has 1 fully saturated rings. The number of fused-ring (bicyclic) bond motifs is 4. The van der Waals surface area contributed by atoms with E-state index in [0.29, 0.717) is 30.6 Å². The standard InChI is InChI=1S/C28H30ClNO6/c1-15-12-28(25(32)33,30(13-15)26(34)36-27(2,3)4)22-8-5-16-10-21-19-7-6-18(29)9-17(19)14-35-23(21)11-20(16)24(22)31/h6-7,10-11,14-15,22H,5,8-9,12-13H2,1-4H3,(H,32,33)/t15-,22?,28-/m0/s1. The highest BCUT2D eigenvalue weighted by molar-refractivity contribution is 6.30. The minimum atomic E-state index is -1.66. The number of halogens is 1. The molecule has 190 valence electrons. The van der Waals surface area contributed by atoms with Gasteiger partial charge >= 0.3 is 12.1 Å². The lowest BCUT2D eigenvalue weighted by atomic mass is 9.69. The summed E-state index contributed by atoms with van der Waals surface area (Å²) in [5.74, 6) is -1.86. The van der Waals surface area contributed by atoms with Crippen LogP contribution in [0.1, 0.15) is 68.4 Å². The largest absolute Gasteiger partial charge is 0.479 e. The van der Waals surface area contributed by atoms with Crippen molar-refractivity contribution in [2.24, 2.45) is 11.8 Å². The third-order valence-electron chi connectivity index (χ3n) is 7.44. The SMILES string of the molecule is C[C@@H]1CN(C(=O)OC(C)(C)C)[C@](C(=O)O)(C2CCc3cc4c(cc3C2=O)OC=C2CC(Cl)=CC=C24)C1. The Bertz CT molecular complexity index is 1270. The van der Waals surface area contributed by atoms with Crippen LogP contribution in [0, 0.1) is 11.8 Å². The molecular formula is C28H30ClNO6. The van der Waals surface area contributed by atoms with Gasteiger partial charge in [0.2, 0.25) is 0 Å². The predicted molar refractivity (Wildman–Crippen MR) is 135 cm³/mol. The van der Waals surface area contributed by atoms with E-state index in [4.69, 9.17) is 21.1 Å². The fourth-order valence-electron chi connectivity index (χ4n) is 5.98. The summed E-state index contributed by atoms with van der Waals surface area (Å²) in [4.78, 5) is 41.2. The third kappa shape index (κ3) is 3.94. The summed E-state index contributed by atoms with van der Waals surface area (Å²) in [5.41, 5.74) is 1.76. The van der Waals surface area contributed by atoms with E-state index >= 15 is 0 Å². The first-order valence-electron chi connectivity index (χ1n) is 12.3. The van der Waals surface area contributed by atoms with Crippen LogP contribution in [0.15, 0.2) is 41.2 Å². The Hall–Kier alpha value is -3.06. The van der Waals surface area contributed by atoms with Gasteiger partial charge in [0.15, 0.2) is 11.3 Å². The van der Waals surface area contributed by atoms with Gasteiger partial charge in [0.1, 0.15) is 11.4 Å². The van der Waals surface area contributed by atoms with Gasteiger partial charge < -0.3 is 14.6 Å². The summed E-state index contributed by atoms with van der Waals surface area (Å²) in [6, 6.07) is 3.69. The van der Waals surface area contributed by atoms with Crippen molar-refractivity contribution in [1.82, 2.24) is 4.90 Å². The molecule has 0 radical (unpaired) electrons. The number of likely N-dealkylation sites (tertiary alicyclic amines) is 1. The van der Waals surface area contributed by atoms with Crippen molar-refractivity contribution in [1.29, 1.82) is 0 Å². The van der Waals surface area contributed by atoms with Crippen molar-refractivity contribution in [2.45, 2.75) is 64.5 Å². The fraction of sp³-hybridized carbons (Fsp3) is 0.464. The van der Waals surface area contributed by atoms with Crippen LogP contribution in [0.25, 0.3) is 5.57 Å². The zero-order valence-electron chi connectivity index (χ0n) is 20.9. The lowest BCUT2D eigenvalue weighted by Crippen LogP contribution is -2.61. The van der Waals surface area contributed by atoms with Crippen molar-refractivity contribution in [3.05, 3.63) is 57.8 Å². The average Bonchev–Trinajstić information content (AvgIpc) is 3.15. The van der Waals surface area contributed by atoms with Crippen LogP contribution >= 0.6 is 11.6 Å². The van der Waals surface area contributed by atoms with Crippen LogP contribution in [0.3, 0.4) is 0 Å². The first-order valence-corrected chi connectivity index (χ1v) is 12.7. The fourth-order valence-corrected chi connectivity index (χ4v) is 6.19. The molecule has 0 saturated carbocycles. The third-order valence-corrected chi connectivity index (χ3v) is 7.70. The average molecular weight is 512 g/mol. The summed E-state index contributed by atoms with van der Waals surface area (Å²) in [6.45, 7) is 7.34. The number of aryl methyl sites for hydroxylation is 1. The molecule has 1 aromatic rings. The van der Waals surface area contributed by atoms with Gasteiger partial charge in [-0.05, 0) is 75.3 Å². The van der Waals surface area contributed by atoms with E-state index in [2.05, 4.69) is 0 Å². The number of hydrogen-bond donors (Lipinski definition) is 1. The van der Waals surface area contributed by atoms with Crippen molar-refractivity contribution in [3.63, 3.8) is 0 Å². The molecule has 1 N–H and O–H groups in total. The second-order valence-electron chi connectivity index (χ2n) is 11.2. The number of ether oxygens (including phenoxy) is 2. The molecule has 0 bridgehead atoms. The molecule has 36 heavy (non-hydrogen) atoms. The molecule has 1 unspecified atom stereocenters. The highest BCUT2D eigenvalue weighted by Crippen LogP contribution is 2.48. The quantitative estimate of drug-likeness (QED) is 0.546. The summed E-state index contributed by atoms with van der Waals surface area (Å²) < 4.78 is 11.4. The number of benzene rings is 1. The molecule has 0 aromatic heterocycles. The zero-order valence-corrected chi connectivity index (χ0v) is 21.6. The second-order valence-corrected chi connectivity index (χ2v) is 11.7.